The molecule has 0 bridgehead atoms. The molecule has 2 saturated heterocycles. The molecule has 1 saturated carbocycles. The molecule has 2 aliphatic heterocycles. The van der Waals surface area contributed by atoms with Gasteiger partial charge in [0.25, 0.3) is 6.43 Å². The predicted octanol–water partition coefficient (Wildman–Crippen LogP) is 3.19. The number of para-hydroxylation sites is 2. The van der Waals surface area contributed by atoms with Crippen molar-refractivity contribution in [3.05, 3.63) is 60.2 Å². The molecule has 4 heterocycles. The quantitative estimate of drug-likeness (QED) is 0.310. The summed E-state index contributed by atoms with van der Waals surface area (Å²) in [5, 5.41) is 2.68. The van der Waals surface area contributed by atoms with E-state index in [1.165, 1.54) is 22.8 Å². The number of ether oxygens (including phenoxy) is 1. The Morgan fingerprint density at radius 2 is 1.49 bits per heavy atom. The number of amides is 2. The van der Waals surface area contributed by atoms with Gasteiger partial charge in [-0.25, -0.2) is 18.2 Å². The minimum Gasteiger partial charge on any atom is -0.378 e. The third-order valence-corrected chi connectivity index (χ3v) is 8.40. The van der Waals surface area contributed by atoms with E-state index < -0.39 is 29.4 Å². The van der Waals surface area contributed by atoms with E-state index >= 15 is 0 Å². The van der Waals surface area contributed by atoms with Crippen LogP contribution in [0.4, 0.5) is 30.8 Å². The minimum absolute atomic E-state index is 0.0231. The molecule has 0 unspecified atom stereocenters. The number of hydrogen-bond donors (Lipinski definition) is 1. The Morgan fingerprint density at radius 1 is 0.822 bits per heavy atom. The van der Waals surface area contributed by atoms with E-state index in [4.69, 9.17) is 9.72 Å². The summed E-state index contributed by atoms with van der Waals surface area (Å²) in [6, 6.07) is 12.4. The van der Waals surface area contributed by atoms with E-state index in [1.54, 1.807) is 35.2 Å². The van der Waals surface area contributed by atoms with Crippen molar-refractivity contribution < 1.29 is 27.5 Å². The normalized spacial score (nSPS) is 18.0. The molecule has 1 N–H and O–H groups in total. The van der Waals surface area contributed by atoms with Crippen molar-refractivity contribution in [2.45, 2.75) is 19.3 Å². The van der Waals surface area contributed by atoms with Crippen molar-refractivity contribution in [1.82, 2.24) is 29.4 Å². The number of carbonyl (C=O) groups is 2. The van der Waals surface area contributed by atoms with Crippen molar-refractivity contribution in [2.75, 3.05) is 67.6 Å². The fraction of sp³-hybridized carbons (Fsp3) is 0.400. The summed E-state index contributed by atoms with van der Waals surface area (Å²) in [6.45, 7) is 3.31. The monoisotopic (exact) mass is 621 g/mol. The van der Waals surface area contributed by atoms with Crippen LogP contribution in [0.15, 0.2) is 48.5 Å². The third-order valence-electron chi connectivity index (χ3n) is 8.40. The third kappa shape index (κ3) is 5.52. The summed E-state index contributed by atoms with van der Waals surface area (Å²) in [7, 11) is 0. The number of nitrogens with one attached hydrogen (secondary N) is 1. The van der Waals surface area contributed by atoms with Gasteiger partial charge < -0.3 is 24.8 Å². The largest absolute Gasteiger partial charge is 0.378 e. The number of halogens is 3. The molecule has 2 aromatic carbocycles. The standard InChI is InChI=1S/C30H30F3N9O3/c31-19-4-3-5-20(18-19)34-25(43)30(8-9-30)26(44)39-10-12-40(13-11-39)27-36-28(41-14-16-45-17-15-41)38-29(37-27)42-22-7-2-1-6-21(22)35-24(42)23(32)33/h1-7,18,23H,8-17H2,(H,34,43). The van der Waals surface area contributed by atoms with Crippen LogP contribution >= 0.6 is 0 Å². The van der Waals surface area contributed by atoms with Crippen LogP contribution in [0, 0.1) is 11.2 Å². The zero-order valence-corrected chi connectivity index (χ0v) is 24.2. The van der Waals surface area contributed by atoms with Crippen LogP contribution in [0.3, 0.4) is 0 Å². The molecule has 234 valence electrons. The van der Waals surface area contributed by atoms with Gasteiger partial charge in [-0.3, -0.25) is 14.2 Å². The Balaban J connectivity index is 1.14. The van der Waals surface area contributed by atoms with E-state index in [0.717, 1.165) is 0 Å². The van der Waals surface area contributed by atoms with Gasteiger partial charge in [0.05, 0.1) is 24.2 Å². The van der Waals surface area contributed by atoms with Crippen molar-refractivity contribution in [3.8, 4) is 5.95 Å². The first-order chi connectivity index (χ1) is 21.8. The zero-order chi connectivity index (χ0) is 31.1. The highest BCUT2D eigenvalue weighted by molar-refractivity contribution is 6.13. The molecule has 15 heteroatoms. The number of aromatic nitrogens is 5. The Labute approximate surface area is 255 Å². The lowest BCUT2D eigenvalue weighted by Gasteiger charge is -2.36. The summed E-state index contributed by atoms with van der Waals surface area (Å²) in [5.41, 5.74) is -0.0389. The number of alkyl halides is 2. The van der Waals surface area contributed by atoms with Crippen molar-refractivity contribution in [1.29, 1.82) is 0 Å². The Kier molecular flexibility index (Phi) is 7.47. The lowest BCUT2D eigenvalue weighted by atomic mass is 10.0. The molecular weight excluding hydrogens is 591 g/mol. The minimum atomic E-state index is -2.87. The van der Waals surface area contributed by atoms with E-state index in [0.29, 0.717) is 88.0 Å². The van der Waals surface area contributed by atoms with Crippen molar-refractivity contribution in [3.63, 3.8) is 0 Å². The average Bonchev–Trinajstić information content (AvgIpc) is 3.78. The highest BCUT2D eigenvalue weighted by Crippen LogP contribution is 2.48. The predicted molar refractivity (Wildman–Crippen MR) is 158 cm³/mol. The molecule has 0 atom stereocenters. The molecule has 3 aliphatic rings. The van der Waals surface area contributed by atoms with Gasteiger partial charge in [-0.2, -0.15) is 15.0 Å². The van der Waals surface area contributed by atoms with Crippen LogP contribution in [0.5, 0.6) is 0 Å². The number of benzene rings is 2. The molecule has 0 spiro atoms. The average molecular weight is 622 g/mol. The number of imidazole rings is 1. The maximum absolute atomic E-state index is 14.2. The fourth-order valence-electron chi connectivity index (χ4n) is 5.78. The Morgan fingerprint density at radius 3 is 2.16 bits per heavy atom. The van der Waals surface area contributed by atoms with Gasteiger partial charge in [-0.05, 0) is 43.2 Å². The molecule has 2 amide bonds. The van der Waals surface area contributed by atoms with Crippen LogP contribution in [-0.4, -0.2) is 93.7 Å². The summed E-state index contributed by atoms with van der Waals surface area (Å²) in [5.74, 6) is -1.02. The summed E-state index contributed by atoms with van der Waals surface area (Å²) in [4.78, 5) is 50.2. The van der Waals surface area contributed by atoms with Crippen LogP contribution < -0.4 is 15.1 Å². The highest BCUT2D eigenvalue weighted by atomic mass is 19.3. The first-order valence-corrected chi connectivity index (χ1v) is 14.8. The van der Waals surface area contributed by atoms with E-state index in [2.05, 4.69) is 20.3 Å². The zero-order valence-electron chi connectivity index (χ0n) is 24.2. The molecule has 4 aromatic rings. The Hall–Kier alpha value is -4.79. The topological polar surface area (TPSA) is 122 Å². The van der Waals surface area contributed by atoms with Gasteiger partial charge in [0.15, 0.2) is 5.82 Å². The number of morpholine rings is 1. The molecule has 45 heavy (non-hydrogen) atoms. The van der Waals surface area contributed by atoms with Crippen molar-refractivity contribution >= 4 is 40.4 Å². The van der Waals surface area contributed by atoms with Crippen LogP contribution in [0.2, 0.25) is 0 Å². The second-order valence-electron chi connectivity index (χ2n) is 11.3. The number of nitrogens with zero attached hydrogens (tertiary/aromatic N) is 8. The van der Waals surface area contributed by atoms with E-state index in [1.807, 2.05) is 9.80 Å². The molecule has 3 fully saturated rings. The number of piperazine rings is 1. The van der Waals surface area contributed by atoms with Crippen molar-refractivity contribution in [2.24, 2.45) is 5.41 Å². The van der Waals surface area contributed by atoms with Crippen LogP contribution in [0.1, 0.15) is 25.1 Å². The maximum atomic E-state index is 14.2. The number of rotatable bonds is 7. The van der Waals surface area contributed by atoms with Gasteiger partial charge in [-0.15, -0.1) is 0 Å². The molecule has 7 rings (SSSR count). The summed E-state index contributed by atoms with van der Waals surface area (Å²) in [6.07, 6.45) is -2.04. The maximum Gasteiger partial charge on any atom is 0.296 e. The van der Waals surface area contributed by atoms with Gasteiger partial charge in [-0.1, -0.05) is 18.2 Å². The second kappa shape index (κ2) is 11.6. The molecular formula is C30H30F3N9O3. The SMILES string of the molecule is O=C(Nc1cccc(F)c1)C1(C(=O)N2CCN(c3nc(N4CCOCC4)nc(-n4c(C(F)F)nc5ccccc54)n3)CC2)CC1. The van der Waals surface area contributed by atoms with Crippen LogP contribution in [0.25, 0.3) is 17.0 Å². The van der Waals surface area contributed by atoms with Gasteiger partial charge in [0.1, 0.15) is 11.2 Å². The fourth-order valence-corrected chi connectivity index (χ4v) is 5.78. The number of anilines is 3. The first kappa shape index (κ1) is 29.0. The lowest BCUT2D eigenvalue weighted by Crippen LogP contribution is -2.53. The number of fused-ring (bicyclic) bond motifs is 1. The van der Waals surface area contributed by atoms with Gasteiger partial charge in [0.2, 0.25) is 29.7 Å². The van der Waals surface area contributed by atoms with Gasteiger partial charge >= 0.3 is 0 Å². The smallest absolute Gasteiger partial charge is 0.296 e. The summed E-state index contributed by atoms with van der Waals surface area (Å²) >= 11 is 0. The molecule has 12 nitrogen and oxygen atoms in total. The molecule has 1 aliphatic carbocycles. The van der Waals surface area contributed by atoms with Crippen LogP contribution in [-0.2, 0) is 14.3 Å². The van der Waals surface area contributed by atoms with E-state index in [-0.39, 0.29) is 17.8 Å². The highest BCUT2D eigenvalue weighted by Gasteiger charge is 2.58. The number of hydrogen-bond acceptors (Lipinski definition) is 9. The summed E-state index contributed by atoms with van der Waals surface area (Å²) < 4.78 is 48.8. The second-order valence-corrected chi connectivity index (χ2v) is 11.3. The van der Waals surface area contributed by atoms with E-state index in [9.17, 15) is 22.8 Å². The Bertz CT molecular complexity index is 1750. The molecule has 2 aromatic heterocycles. The lowest BCUT2D eigenvalue weighted by molar-refractivity contribution is -0.142. The first-order valence-electron chi connectivity index (χ1n) is 14.8. The number of carbonyl (C=O) groups excluding carboxylic acids is 2. The molecule has 0 radical (unpaired) electrons. The van der Waals surface area contributed by atoms with Gasteiger partial charge in [0, 0.05) is 45.0 Å².